The summed E-state index contributed by atoms with van der Waals surface area (Å²) in [6.07, 6.45) is 1.77. The molecule has 0 radical (unpaired) electrons. The first-order valence-corrected chi connectivity index (χ1v) is 6.80. The van der Waals surface area contributed by atoms with Gasteiger partial charge in [0.2, 0.25) is 0 Å². The number of benzene rings is 2. The van der Waals surface area contributed by atoms with Crippen LogP contribution in [0.4, 0.5) is 5.69 Å². The Morgan fingerprint density at radius 2 is 1.95 bits per heavy atom. The van der Waals surface area contributed by atoms with Crippen molar-refractivity contribution in [2.45, 2.75) is 0 Å². The molecule has 0 aliphatic carbocycles. The van der Waals surface area contributed by atoms with Gasteiger partial charge in [-0.25, -0.2) is 0 Å². The lowest BCUT2D eigenvalue weighted by molar-refractivity contribution is -0.384. The summed E-state index contributed by atoms with van der Waals surface area (Å²) in [6, 6.07) is 15.8. The van der Waals surface area contributed by atoms with Gasteiger partial charge in [0.25, 0.3) is 5.69 Å². The molecule has 0 atom stereocenters. The molecular weight excluding hydrogens is 367 g/mol. The number of hydrogen-bond acceptors (Lipinski definition) is 3. The molecule has 0 spiro atoms. The van der Waals surface area contributed by atoms with E-state index in [0.717, 1.165) is 9.13 Å². The molecule has 4 nitrogen and oxygen atoms in total. The van der Waals surface area contributed by atoms with Crippen LogP contribution in [0.5, 0.6) is 0 Å². The van der Waals surface area contributed by atoms with Crippen LogP contribution >= 0.6 is 22.6 Å². The molecule has 20 heavy (non-hydrogen) atoms. The summed E-state index contributed by atoms with van der Waals surface area (Å²) in [5.41, 5.74) is 2.07. The van der Waals surface area contributed by atoms with Crippen molar-refractivity contribution in [2.75, 3.05) is 0 Å². The lowest BCUT2D eigenvalue weighted by Gasteiger charge is -2.00. The average Bonchev–Trinajstić information content (AvgIpc) is 2.45. The van der Waals surface area contributed by atoms with Gasteiger partial charge in [0.15, 0.2) is 0 Å². The molecule has 0 aliphatic heterocycles. The Bertz CT molecular complexity index is 715. The van der Waals surface area contributed by atoms with Crippen molar-refractivity contribution in [1.82, 2.24) is 0 Å². The number of rotatable bonds is 3. The van der Waals surface area contributed by atoms with Gasteiger partial charge < -0.3 is 0 Å². The van der Waals surface area contributed by atoms with E-state index >= 15 is 0 Å². The lowest BCUT2D eigenvalue weighted by Crippen LogP contribution is -1.88. The maximum atomic E-state index is 10.6. The van der Waals surface area contributed by atoms with Crippen LogP contribution in [0.1, 0.15) is 11.1 Å². The lowest BCUT2D eigenvalue weighted by atomic mass is 10.0. The molecule has 0 bridgehead atoms. The molecule has 0 amide bonds. The van der Waals surface area contributed by atoms with E-state index in [1.165, 1.54) is 12.1 Å². The number of nitriles is 1. The minimum absolute atomic E-state index is 0.0142. The highest BCUT2D eigenvalue weighted by Crippen LogP contribution is 2.21. The molecule has 2 aromatic rings. The van der Waals surface area contributed by atoms with Crippen LogP contribution < -0.4 is 0 Å². The molecule has 0 saturated heterocycles. The quantitative estimate of drug-likeness (QED) is 0.264. The minimum Gasteiger partial charge on any atom is -0.258 e. The summed E-state index contributed by atoms with van der Waals surface area (Å²) in [7, 11) is 0. The topological polar surface area (TPSA) is 66.9 Å². The molecule has 2 rings (SSSR count). The largest absolute Gasteiger partial charge is 0.269 e. The predicted molar refractivity (Wildman–Crippen MR) is 85.7 cm³/mol. The number of nitro groups is 1. The Morgan fingerprint density at radius 3 is 2.50 bits per heavy atom. The van der Waals surface area contributed by atoms with Gasteiger partial charge >= 0.3 is 0 Å². The molecule has 0 aromatic heterocycles. The molecule has 98 valence electrons. The van der Waals surface area contributed by atoms with E-state index in [9.17, 15) is 15.4 Å². The first kappa shape index (κ1) is 14.2. The molecule has 0 heterocycles. The van der Waals surface area contributed by atoms with E-state index in [-0.39, 0.29) is 5.69 Å². The molecule has 0 N–H and O–H groups in total. The third kappa shape index (κ3) is 3.42. The molecule has 2 aromatic carbocycles. The van der Waals surface area contributed by atoms with E-state index in [4.69, 9.17) is 0 Å². The smallest absolute Gasteiger partial charge is 0.258 e. The fourth-order valence-corrected chi connectivity index (χ4v) is 2.27. The van der Waals surface area contributed by atoms with E-state index in [0.29, 0.717) is 11.1 Å². The number of nitro benzene ring substituents is 1. The highest BCUT2D eigenvalue weighted by molar-refractivity contribution is 14.1. The van der Waals surface area contributed by atoms with Crippen LogP contribution in [0.3, 0.4) is 0 Å². The van der Waals surface area contributed by atoms with Crippen molar-refractivity contribution in [3.63, 3.8) is 0 Å². The molecule has 0 fully saturated rings. The first-order chi connectivity index (χ1) is 9.60. The van der Waals surface area contributed by atoms with Gasteiger partial charge in [-0.1, -0.05) is 12.1 Å². The van der Waals surface area contributed by atoms with E-state index in [1.54, 1.807) is 18.2 Å². The van der Waals surface area contributed by atoms with Gasteiger partial charge in [0, 0.05) is 15.7 Å². The summed E-state index contributed by atoms with van der Waals surface area (Å²) in [4.78, 5) is 10.1. The Kier molecular flexibility index (Phi) is 4.48. The zero-order valence-corrected chi connectivity index (χ0v) is 12.4. The maximum absolute atomic E-state index is 10.6. The number of non-ortho nitro benzene ring substituents is 1. The summed E-state index contributed by atoms with van der Waals surface area (Å²) >= 11 is 2.20. The third-order valence-electron chi connectivity index (χ3n) is 2.67. The van der Waals surface area contributed by atoms with Gasteiger partial charge in [-0.15, -0.1) is 0 Å². The molecule has 0 unspecified atom stereocenters. The Labute approximate surface area is 129 Å². The van der Waals surface area contributed by atoms with Crippen molar-refractivity contribution in [3.05, 3.63) is 73.3 Å². The number of hydrogen-bond donors (Lipinski definition) is 0. The first-order valence-electron chi connectivity index (χ1n) is 5.72. The summed E-state index contributed by atoms with van der Waals surface area (Å²) in [5, 5.41) is 19.8. The Balaban J connectivity index is 2.37. The second-order valence-corrected chi connectivity index (χ2v) is 5.27. The van der Waals surface area contributed by atoms with Crippen LogP contribution in [0.2, 0.25) is 0 Å². The van der Waals surface area contributed by atoms with Crippen LogP contribution in [0, 0.1) is 25.0 Å². The SMILES string of the molecule is N#C/C(=C/c1cccc(I)c1)c1ccc([N+](=O)[O-])cc1. The van der Waals surface area contributed by atoms with Crippen molar-refractivity contribution in [2.24, 2.45) is 0 Å². The fourth-order valence-electron chi connectivity index (χ4n) is 1.71. The highest BCUT2D eigenvalue weighted by atomic mass is 127. The number of allylic oxidation sites excluding steroid dienone is 1. The normalized spacial score (nSPS) is 10.9. The second-order valence-electron chi connectivity index (χ2n) is 4.03. The maximum Gasteiger partial charge on any atom is 0.269 e. The third-order valence-corrected chi connectivity index (χ3v) is 3.34. The van der Waals surface area contributed by atoms with Crippen LogP contribution in [0.15, 0.2) is 48.5 Å². The van der Waals surface area contributed by atoms with Gasteiger partial charge in [-0.3, -0.25) is 10.1 Å². The zero-order chi connectivity index (χ0) is 14.5. The molecular formula is C15H9IN2O2. The van der Waals surface area contributed by atoms with Crippen LogP contribution in [-0.4, -0.2) is 4.92 Å². The standard InChI is InChI=1S/C15H9IN2O2/c16-14-3-1-2-11(9-14)8-13(10-17)12-4-6-15(7-5-12)18(19)20/h1-9H/b13-8-. The van der Waals surface area contributed by atoms with Crippen LogP contribution in [-0.2, 0) is 0 Å². The predicted octanol–water partition coefficient (Wildman–Crippen LogP) is 4.26. The van der Waals surface area contributed by atoms with Crippen molar-refractivity contribution in [1.29, 1.82) is 5.26 Å². The summed E-state index contributed by atoms with van der Waals surface area (Å²) < 4.78 is 1.08. The zero-order valence-electron chi connectivity index (χ0n) is 10.3. The number of nitrogens with zero attached hydrogens (tertiary/aromatic N) is 2. The summed E-state index contributed by atoms with van der Waals surface area (Å²) in [5.74, 6) is 0. The second kappa shape index (κ2) is 6.30. The monoisotopic (exact) mass is 376 g/mol. The molecule has 0 saturated carbocycles. The fraction of sp³-hybridized carbons (Fsp3) is 0. The van der Waals surface area contributed by atoms with Crippen LogP contribution in [0.25, 0.3) is 11.6 Å². The van der Waals surface area contributed by atoms with E-state index in [2.05, 4.69) is 28.7 Å². The molecule has 5 heteroatoms. The highest BCUT2D eigenvalue weighted by Gasteiger charge is 2.06. The van der Waals surface area contributed by atoms with E-state index < -0.39 is 4.92 Å². The van der Waals surface area contributed by atoms with Crippen molar-refractivity contribution >= 4 is 39.9 Å². The van der Waals surface area contributed by atoms with E-state index in [1.807, 2.05) is 24.3 Å². The average molecular weight is 376 g/mol. The summed E-state index contributed by atoms with van der Waals surface area (Å²) in [6.45, 7) is 0. The van der Waals surface area contributed by atoms with Gasteiger partial charge in [0.05, 0.1) is 16.6 Å². The van der Waals surface area contributed by atoms with Crippen molar-refractivity contribution < 1.29 is 4.92 Å². The number of halogens is 1. The van der Waals surface area contributed by atoms with Crippen molar-refractivity contribution in [3.8, 4) is 6.07 Å². The van der Waals surface area contributed by atoms with Gasteiger partial charge in [0.1, 0.15) is 0 Å². The van der Waals surface area contributed by atoms with Gasteiger partial charge in [-0.2, -0.15) is 5.26 Å². The van der Waals surface area contributed by atoms with Gasteiger partial charge in [-0.05, 0) is 64.1 Å². The Hall–Kier alpha value is -2.20. The minimum atomic E-state index is -0.459. The molecule has 0 aliphatic rings. The Morgan fingerprint density at radius 1 is 1.25 bits per heavy atom.